The Bertz CT molecular complexity index is 1050. The molecule has 0 fully saturated rings. The van der Waals surface area contributed by atoms with Crippen LogP contribution in [0.2, 0.25) is 0 Å². The first kappa shape index (κ1) is 21.9. The molecule has 0 atom stereocenters. The second-order valence-corrected chi connectivity index (χ2v) is 8.86. The molecule has 1 N–H and O–H groups in total. The molecule has 0 aliphatic heterocycles. The number of hydrogen-bond donors (Lipinski definition) is 1. The average molecular weight is 435 g/mol. The Morgan fingerprint density at radius 1 is 0.867 bits per heavy atom. The van der Waals surface area contributed by atoms with Gasteiger partial charge in [-0.1, -0.05) is 30.3 Å². The molecular formula is C21H20F3N3O2S. The maximum atomic E-state index is 12.9. The Labute approximate surface area is 172 Å². The second kappa shape index (κ2) is 8.53. The highest BCUT2D eigenvalue weighted by molar-refractivity contribution is 7.90. The Morgan fingerprint density at radius 2 is 1.43 bits per heavy atom. The normalized spacial score (nSPS) is 12.7. The predicted molar refractivity (Wildman–Crippen MR) is 107 cm³/mol. The summed E-state index contributed by atoms with van der Waals surface area (Å²) in [6.45, 7) is -1.44. The third-order valence-electron chi connectivity index (χ3n) is 4.77. The van der Waals surface area contributed by atoms with Crippen LogP contribution in [0.1, 0.15) is 16.7 Å². The van der Waals surface area contributed by atoms with Crippen LogP contribution in [-0.2, 0) is 15.3 Å². The summed E-state index contributed by atoms with van der Waals surface area (Å²) < 4.78 is 63.9. The summed E-state index contributed by atoms with van der Waals surface area (Å²) in [5, 5.41) is 2.47. The number of benzene rings is 1. The third kappa shape index (κ3) is 4.68. The number of alkyl halides is 3. The van der Waals surface area contributed by atoms with Gasteiger partial charge in [0.2, 0.25) is 0 Å². The van der Waals surface area contributed by atoms with Crippen molar-refractivity contribution in [2.75, 3.05) is 19.3 Å². The molecule has 3 rings (SSSR count). The molecule has 0 bridgehead atoms. The van der Waals surface area contributed by atoms with Gasteiger partial charge >= 0.3 is 6.18 Å². The van der Waals surface area contributed by atoms with E-state index in [1.165, 1.54) is 18.5 Å². The van der Waals surface area contributed by atoms with Crippen LogP contribution >= 0.6 is 0 Å². The third-order valence-corrected chi connectivity index (χ3v) is 5.93. The molecular weight excluding hydrogens is 415 g/mol. The van der Waals surface area contributed by atoms with Crippen molar-refractivity contribution in [3.8, 4) is 0 Å². The summed E-state index contributed by atoms with van der Waals surface area (Å²) in [5.41, 5.74) is 0.170. The maximum Gasteiger partial charge on any atom is 0.401 e. The molecule has 0 spiro atoms. The number of aromatic nitrogens is 2. The monoisotopic (exact) mass is 435 g/mol. The Hall–Kier alpha value is -2.78. The van der Waals surface area contributed by atoms with E-state index >= 15 is 0 Å². The molecule has 5 nitrogen and oxygen atoms in total. The van der Waals surface area contributed by atoms with E-state index in [1.54, 1.807) is 54.9 Å². The molecule has 0 unspecified atom stereocenters. The highest BCUT2D eigenvalue weighted by atomic mass is 32.2. The van der Waals surface area contributed by atoms with Crippen molar-refractivity contribution in [1.82, 2.24) is 15.3 Å². The van der Waals surface area contributed by atoms with E-state index in [0.29, 0.717) is 16.7 Å². The quantitative estimate of drug-likeness (QED) is 0.616. The first-order valence-electron chi connectivity index (χ1n) is 9.03. The molecule has 0 saturated heterocycles. The van der Waals surface area contributed by atoms with Gasteiger partial charge in [0.1, 0.15) is 0 Å². The molecule has 0 saturated carbocycles. The topological polar surface area (TPSA) is 72.0 Å². The van der Waals surface area contributed by atoms with Crippen LogP contribution in [0.4, 0.5) is 13.2 Å². The second-order valence-electron chi connectivity index (χ2n) is 6.88. The zero-order valence-corrected chi connectivity index (χ0v) is 16.9. The number of rotatable bonds is 7. The van der Waals surface area contributed by atoms with Gasteiger partial charge < -0.3 is 5.32 Å². The van der Waals surface area contributed by atoms with Crippen LogP contribution in [-0.4, -0.2) is 43.9 Å². The zero-order valence-electron chi connectivity index (χ0n) is 16.1. The lowest BCUT2D eigenvalue weighted by molar-refractivity contribution is -0.125. The van der Waals surface area contributed by atoms with Crippen molar-refractivity contribution >= 4 is 9.84 Å². The van der Waals surface area contributed by atoms with Crippen molar-refractivity contribution in [1.29, 1.82) is 0 Å². The van der Waals surface area contributed by atoms with Gasteiger partial charge in [-0.25, -0.2) is 8.42 Å². The SMILES string of the molecule is CS(=O)(=O)c1ccccc1C(CNCC(F)(F)F)(c1cccnc1)c1cccnc1. The van der Waals surface area contributed by atoms with Crippen molar-refractivity contribution in [3.63, 3.8) is 0 Å². The minimum atomic E-state index is -4.42. The number of sulfone groups is 1. The van der Waals surface area contributed by atoms with Gasteiger partial charge in [0, 0.05) is 37.6 Å². The number of halogens is 3. The van der Waals surface area contributed by atoms with Gasteiger partial charge in [-0.05, 0) is 34.9 Å². The zero-order chi connectivity index (χ0) is 21.8. The van der Waals surface area contributed by atoms with Crippen LogP contribution in [0, 0.1) is 0 Å². The fourth-order valence-corrected chi connectivity index (χ4v) is 4.51. The highest BCUT2D eigenvalue weighted by Gasteiger charge is 2.41. The molecule has 1 aromatic carbocycles. The van der Waals surface area contributed by atoms with Gasteiger partial charge in [0.05, 0.1) is 16.9 Å². The predicted octanol–water partition coefficient (Wildman–Crippen LogP) is 3.37. The minimum Gasteiger partial charge on any atom is -0.307 e. The van der Waals surface area contributed by atoms with Gasteiger partial charge in [-0.2, -0.15) is 13.2 Å². The largest absolute Gasteiger partial charge is 0.401 e. The van der Waals surface area contributed by atoms with Gasteiger partial charge in [0.25, 0.3) is 0 Å². The maximum absolute atomic E-state index is 12.9. The minimum absolute atomic E-state index is 0.0338. The molecule has 3 aromatic rings. The lowest BCUT2D eigenvalue weighted by Crippen LogP contribution is -2.44. The first-order chi connectivity index (χ1) is 14.1. The van der Waals surface area contributed by atoms with Crippen molar-refractivity contribution < 1.29 is 21.6 Å². The van der Waals surface area contributed by atoms with Crippen LogP contribution in [0.5, 0.6) is 0 Å². The molecule has 158 valence electrons. The Kier molecular flexibility index (Phi) is 6.23. The summed E-state index contributed by atoms with van der Waals surface area (Å²) in [4.78, 5) is 8.29. The molecule has 2 aromatic heterocycles. The number of nitrogens with one attached hydrogen (secondary N) is 1. The van der Waals surface area contributed by atoms with E-state index in [-0.39, 0.29) is 11.4 Å². The fraction of sp³-hybridized carbons (Fsp3) is 0.238. The van der Waals surface area contributed by atoms with E-state index in [0.717, 1.165) is 6.26 Å². The number of hydrogen-bond acceptors (Lipinski definition) is 5. The Balaban J connectivity index is 2.33. The van der Waals surface area contributed by atoms with Crippen LogP contribution in [0.3, 0.4) is 0 Å². The molecule has 0 aliphatic carbocycles. The highest BCUT2D eigenvalue weighted by Crippen LogP contribution is 2.41. The Morgan fingerprint density at radius 3 is 1.90 bits per heavy atom. The van der Waals surface area contributed by atoms with E-state index in [4.69, 9.17) is 0 Å². The van der Waals surface area contributed by atoms with Crippen LogP contribution in [0.15, 0.2) is 78.2 Å². The van der Waals surface area contributed by atoms with E-state index in [1.807, 2.05) is 0 Å². The average Bonchev–Trinajstić information content (AvgIpc) is 2.71. The first-order valence-corrected chi connectivity index (χ1v) is 10.9. The summed E-state index contributed by atoms with van der Waals surface area (Å²) >= 11 is 0. The van der Waals surface area contributed by atoms with Crippen molar-refractivity contribution in [2.24, 2.45) is 0 Å². The molecule has 0 aliphatic rings. The van der Waals surface area contributed by atoms with Gasteiger partial charge in [0.15, 0.2) is 9.84 Å². The van der Waals surface area contributed by atoms with Crippen LogP contribution < -0.4 is 5.32 Å². The summed E-state index contributed by atoms with van der Waals surface area (Å²) in [6, 6.07) is 13.1. The summed E-state index contributed by atoms with van der Waals surface area (Å²) in [7, 11) is -3.68. The van der Waals surface area contributed by atoms with E-state index < -0.39 is 28.0 Å². The summed E-state index contributed by atoms with van der Waals surface area (Å²) in [6.07, 6.45) is 2.80. The van der Waals surface area contributed by atoms with Gasteiger partial charge in [-0.15, -0.1) is 0 Å². The standard InChI is InChI=1S/C21H20F3N3O2S/c1-30(28,29)19-9-3-2-8-18(19)20(14-27-15-21(22,23)24,16-6-4-10-25-12-16)17-7-5-11-26-13-17/h2-13,27H,14-15H2,1H3. The van der Waals surface area contributed by atoms with Gasteiger partial charge in [-0.3, -0.25) is 9.97 Å². The van der Waals surface area contributed by atoms with Crippen LogP contribution in [0.25, 0.3) is 0 Å². The van der Waals surface area contributed by atoms with Crippen molar-refractivity contribution in [3.05, 3.63) is 90.0 Å². The molecule has 30 heavy (non-hydrogen) atoms. The van der Waals surface area contributed by atoms with E-state index in [2.05, 4.69) is 15.3 Å². The smallest absolute Gasteiger partial charge is 0.307 e. The molecule has 2 heterocycles. The lowest BCUT2D eigenvalue weighted by atomic mass is 9.70. The van der Waals surface area contributed by atoms with E-state index in [9.17, 15) is 21.6 Å². The number of nitrogens with zero attached hydrogens (tertiary/aromatic N) is 2. The molecule has 9 heteroatoms. The lowest BCUT2D eigenvalue weighted by Gasteiger charge is -2.37. The van der Waals surface area contributed by atoms with Crippen molar-refractivity contribution in [2.45, 2.75) is 16.5 Å². The summed E-state index contributed by atoms with van der Waals surface area (Å²) in [5.74, 6) is 0. The number of pyridine rings is 2. The fourth-order valence-electron chi connectivity index (χ4n) is 3.54. The molecule has 0 radical (unpaired) electrons. The molecule has 0 amide bonds.